The highest BCUT2D eigenvalue weighted by Crippen LogP contribution is 2.31. The van der Waals surface area contributed by atoms with Crippen molar-refractivity contribution in [1.82, 2.24) is 4.31 Å². The van der Waals surface area contributed by atoms with Crippen LogP contribution in [0.25, 0.3) is 0 Å². The van der Waals surface area contributed by atoms with Crippen LogP contribution in [-0.2, 0) is 24.7 Å². The summed E-state index contributed by atoms with van der Waals surface area (Å²) in [4.78, 5) is 10.9. The summed E-state index contributed by atoms with van der Waals surface area (Å²) in [6, 6.07) is 2.07. The summed E-state index contributed by atoms with van der Waals surface area (Å²) in [7, 11) is -7.35. The molecule has 1 aromatic rings. The average molecular weight is 418 g/mol. The molecule has 0 saturated carbocycles. The maximum absolute atomic E-state index is 12.5. The number of carboxylic acid groups (broad SMARTS) is 1. The van der Waals surface area contributed by atoms with Crippen molar-refractivity contribution in [3.63, 3.8) is 0 Å². The molecular formula is C10H12BrNO6S3. The lowest BCUT2D eigenvalue weighted by Crippen LogP contribution is -2.43. The fourth-order valence-electron chi connectivity index (χ4n) is 2.10. The lowest BCUT2D eigenvalue weighted by molar-refractivity contribution is -0.137. The topological polar surface area (TPSA) is 109 Å². The Morgan fingerprint density at radius 1 is 1.48 bits per heavy atom. The molecule has 0 bridgehead atoms. The molecule has 1 N–H and O–H groups in total. The summed E-state index contributed by atoms with van der Waals surface area (Å²) < 4.78 is 49.5. The van der Waals surface area contributed by atoms with Crippen molar-refractivity contribution >= 4 is 53.1 Å². The number of nitrogens with zero attached hydrogens (tertiary/aromatic N) is 1. The first kappa shape index (κ1) is 16.9. The van der Waals surface area contributed by atoms with Gasteiger partial charge in [-0.3, -0.25) is 4.79 Å². The molecule has 1 aromatic heterocycles. The number of halogens is 1. The number of sulfone groups is 1. The van der Waals surface area contributed by atoms with Crippen LogP contribution in [0.3, 0.4) is 0 Å². The Bertz CT molecular complexity index is 754. The molecule has 11 heteroatoms. The minimum absolute atomic E-state index is 0.0140. The zero-order chi connectivity index (χ0) is 15.8. The standard InChI is InChI=1S/C10H12BrNO6S3/c11-8-1-2-10(19-8)21(17,18)12(5-9(13)14)7-3-4-20(15,16)6-7/h1-2,7H,3-6H2,(H,13,14). The van der Waals surface area contributed by atoms with Gasteiger partial charge in [-0.15, -0.1) is 11.3 Å². The molecule has 2 heterocycles. The molecule has 0 aromatic carbocycles. The molecule has 1 saturated heterocycles. The molecule has 0 aliphatic carbocycles. The smallest absolute Gasteiger partial charge is 0.318 e. The maximum Gasteiger partial charge on any atom is 0.318 e. The van der Waals surface area contributed by atoms with Gasteiger partial charge in [0.05, 0.1) is 15.3 Å². The second kappa shape index (κ2) is 5.95. The minimum atomic E-state index is -4.03. The average Bonchev–Trinajstić information content (AvgIpc) is 2.92. The Morgan fingerprint density at radius 2 is 2.14 bits per heavy atom. The summed E-state index contributed by atoms with van der Waals surface area (Å²) in [6.45, 7) is -0.752. The van der Waals surface area contributed by atoms with Crippen molar-refractivity contribution < 1.29 is 26.7 Å². The Labute approximate surface area is 134 Å². The Kier molecular flexibility index (Phi) is 4.78. The van der Waals surface area contributed by atoms with Gasteiger partial charge in [0.15, 0.2) is 9.84 Å². The van der Waals surface area contributed by atoms with Crippen LogP contribution in [0.1, 0.15) is 6.42 Å². The van der Waals surface area contributed by atoms with E-state index in [0.29, 0.717) is 3.79 Å². The van der Waals surface area contributed by atoms with Gasteiger partial charge in [0, 0.05) is 6.04 Å². The third-order valence-electron chi connectivity index (χ3n) is 3.02. The van der Waals surface area contributed by atoms with Crippen LogP contribution in [0.2, 0.25) is 0 Å². The van der Waals surface area contributed by atoms with E-state index < -0.39 is 38.4 Å². The molecule has 1 aliphatic heterocycles. The zero-order valence-electron chi connectivity index (χ0n) is 10.6. The fraction of sp³-hybridized carbons (Fsp3) is 0.500. The van der Waals surface area contributed by atoms with E-state index in [9.17, 15) is 21.6 Å². The van der Waals surface area contributed by atoms with Crippen molar-refractivity contribution in [2.24, 2.45) is 0 Å². The molecule has 1 unspecified atom stereocenters. The predicted octanol–water partition coefficient (Wildman–Crippen LogP) is 0.773. The molecule has 1 fully saturated rings. The highest BCUT2D eigenvalue weighted by molar-refractivity contribution is 9.11. The van der Waals surface area contributed by atoms with E-state index in [2.05, 4.69) is 15.9 Å². The van der Waals surface area contributed by atoms with Crippen LogP contribution in [-0.4, -0.2) is 56.3 Å². The molecule has 1 aliphatic rings. The molecule has 2 rings (SSSR count). The third kappa shape index (κ3) is 3.83. The largest absolute Gasteiger partial charge is 0.480 e. The Morgan fingerprint density at radius 3 is 2.57 bits per heavy atom. The molecule has 7 nitrogen and oxygen atoms in total. The highest BCUT2D eigenvalue weighted by Gasteiger charge is 2.40. The summed E-state index contributed by atoms with van der Waals surface area (Å²) in [5.41, 5.74) is 0. The van der Waals surface area contributed by atoms with Gasteiger partial charge in [0.1, 0.15) is 10.8 Å². The summed E-state index contributed by atoms with van der Waals surface area (Å²) in [6.07, 6.45) is 0.112. The summed E-state index contributed by atoms with van der Waals surface area (Å²) in [5.74, 6) is -1.79. The van der Waals surface area contributed by atoms with Crippen molar-refractivity contribution in [1.29, 1.82) is 0 Å². The van der Waals surface area contributed by atoms with E-state index in [-0.39, 0.29) is 22.1 Å². The third-order valence-corrected chi connectivity index (χ3v) is 8.76. The van der Waals surface area contributed by atoms with Crippen molar-refractivity contribution in [2.45, 2.75) is 16.7 Å². The first-order chi connectivity index (χ1) is 9.62. The first-order valence-corrected chi connectivity index (χ1v) is 10.7. The van der Waals surface area contributed by atoms with Gasteiger partial charge in [-0.25, -0.2) is 16.8 Å². The van der Waals surface area contributed by atoms with E-state index in [1.807, 2.05) is 0 Å². The number of rotatable bonds is 5. The molecule has 0 spiro atoms. The molecular weight excluding hydrogens is 406 g/mol. The van der Waals surface area contributed by atoms with Crippen LogP contribution in [0.5, 0.6) is 0 Å². The number of hydrogen-bond acceptors (Lipinski definition) is 6. The van der Waals surface area contributed by atoms with Gasteiger partial charge in [0.25, 0.3) is 10.0 Å². The molecule has 0 amide bonds. The van der Waals surface area contributed by atoms with E-state index >= 15 is 0 Å². The van der Waals surface area contributed by atoms with Gasteiger partial charge in [-0.05, 0) is 34.5 Å². The number of aliphatic carboxylic acids is 1. The van der Waals surface area contributed by atoms with E-state index in [1.54, 1.807) is 6.07 Å². The normalized spacial score (nSPS) is 21.7. The van der Waals surface area contributed by atoms with Crippen molar-refractivity contribution in [3.8, 4) is 0 Å². The fourth-order valence-corrected chi connectivity index (χ4v) is 7.67. The number of hydrogen-bond donors (Lipinski definition) is 1. The SMILES string of the molecule is O=C(O)CN(C1CCS(=O)(=O)C1)S(=O)(=O)c1ccc(Br)s1. The maximum atomic E-state index is 12.5. The minimum Gasteiger partial charge on any atom is -0.480 e. The van der Waals surface area contributed by atoms with Gasteiger partial charge in [-0.1, -0.05) is 0 Å². The Balaban J connectivity index is 2.38. The highest BCUT2D eigenvalue weighted by atomic mass is 79.9. The van der Waals surface area contributed by atoms with Gasteiger partial charge < -0.3 is 5.11 Å². The number of carboxylic acids is 1. The number of carbonyl (C=O) groups is 1. The monoisotopic (exact) mass is 417 g/mol. The van der Waals surface area contributed by atoms with Crippen LogP contribution >= 0.6 is 27.3 Å². The summed E-state index contributed by atoms with van der Waals surface area (Å²) >= 11 is 4.10. The van der Waals surface area contributed by atoms with E-state index in [0.717, 1.165) is 15.6 Å². The second-order valence-electron chi connectivity index (χ2n) is 4.56. The van der Waals surface area contributed by atoms with E-state index in [4.69, 9.17) is 5.11 Å². The Hall–Kier alpha value is -0.490. The lowest BCUT2D eigenvalue weighted by atomic mass is 10.2. The van der Waals surface area contributed by atoms with Crippen LogP contribution in [0.4, 0.5) is 0 Å². The van der Waals surface area contributed by atoms with Crippen molar-refractivity contribution in [3.05, 3.63) is 15.9 Å². The molecule has 118 valence electrons. The first-order valence-electron chi connectivity index (χ1n) is 5.81. The van der Waals surface area contributed by atoms with Gasteiger partial charge in [0.2, 0.25) is 0 Å². The quantitative estimate of drug-likeness (QED) is 0.757. The zero-order valence-corrected chi connectivity index (χ0v) is 14.6. The number of thiophene rings is 1. The van der Waals surface area contributed by atoms with Crippen LogP contribution in [0, 0.1) is 0 Å². The molecule has 1 atom stereocenters. The predicted molar refractivity (Wildman–Crippen MR) is 80.6 cm³/mol. The lowest BCUT2D eigenvalue weighted by Gasteiger charge is -2.24. The molecule has 0 radical (unpaired) electrons. The second-order valence-corrected chi connectivity index (χ2v) is 11.4. The van der Waals surface area contributed by atoms with Gasteiger partial charge >= 0.3 is 5.97 Å². The molecule has 21 heavy (non-hydrogen) atoms. The summed E-state index contributed by atoms with van der Waals surface area (Å²) in [5, 5.41) is 8.93. The van der Waals surface area contributed by atoms with E-state index in [1.165, 1.54) is 6.07 Å². The van der Waals surface area contributed by atoms with Gasteiger partial charge in [-0.2, -0.15) is 4.31 Å². The van der Waals surface area contributed by atoms with Crippen LogP contribution < -0.4 is 0 Å². The van der Waals surface area contributed by atoms with Crippen LogP contribution in [0.15, 0.2) is 20.1 Å². The van der Waals surface area contributed by atoms with Crippen molar-refractivity contribution in [2.75, 3.05) is 18.1 Å². The number of sulfonamides is 1.